The van der Waals surface area contributed by atoms with Crippen LogP contribution in [0.4, 0.5) is 4.39 Å². The van der Waals surface area contributed by atoms with Gasteiger partial charge in [0, 0.05) is 17.1 Å². The molecule has 7 heteroatoms. The van der Waals surface area contributed by atoms with Crippen LogP contribution in [-0.2, 0) is 16.0 Å². The van der Waals surface area contributed by atoms with E-state index in [4.69, 9.17) is 16.3 Å². The Morgan fingerprint density at radius 2 is 1.64 bits per heavy atom. The molecule has 1 amide bonds. The molecule has 0 aliphatic carbocycles. The second-order valence-corrected chi connectivity index (χ2v) is 9.59. The number of amides is 1. The molecule has 5 nitrogen and oxygen atoms in total. The summed E-state index contributed by atoms with van der Waals surface area (Å²) < 4.78 is 19.4. The molecule has 0 saturated carbocycles. The monoisotopic (exact) mass is 507 g/mol. The highest BCUT2D eigenvalue weighted by Crippen LogP contribution is 2.39. The minimum atomic E-state index is -0.852. The highest BCUT2D eigenvalue weighted by molar-refractivity contribution is 6.46. The predicted molar refractivity (Wildman–Crippen MR) is 137 cm³/mol. The predicted octanol–water partition coefficient (Wildman–Crippen LogP) is 6.18. The van der Waals surface area contributed by atoms with Crippen molar-refractivity contribution >= 4 is 29.1 Å². The third-order valence-corrected chi connectivity index (χ3v) is 6.24. The van der Waals surface area contributed by atoms with Crippen molar-refractivity contribution in [3.8, 4) is 5.75 Å². The number of hydrogen-bond donors (Lipinski definition) is 1. The Balaban J connectivity index is 1.69. The van der Waals surface area contributed by atoms with E-state index in [0.29, 0.717) is 40.8 Å². The van der Waals surface area contributed by atoms with Gasteiger partial charge >= 0.3 is 0 Å². The number of carbonyl (C=O) groups is 2. The van der Waals surface area contributed by atoms with Crippen LogP contribution in [0.15, 0.2) is 78.4 Å². The number of ether oxygens (including phenoxy) is 1. The van der Waals surface area contributed by atoms with Crippen LogP contribution in [0.2, 0.25) is 5.02 Å². The largest absolute Gasteiger partial charge is 0.507 e. The molecule has 1 atom stereocenters. The number of aliphatic hydroxyl groups is 1. The maximum absolute atomic E-state index is 13.7. The molecule has 1 aliphatic rings. The molecule has 0 bridgehead atoms. The Hall–Kier alpha value is -3.64. The first-order valence-electron chi connectivity index (χ1n) is 11.8. The topological polar surface area (TPSA) is 66.8 Å². The third-order valence-electron chi connectivity index (χ3n) is 5.99. The second-order valence-electron chi connectivity index (χ2n) is 9.15. The molecule has 0 spiro atoms. The first-order valence-corrected chi connectivity index (χ1v) is 12.1. The number of ketones is 1. The maximum Gasteiger partial charge on any atom is 0.295 e. The molecular formula is C29H27ClFNO4. The molecule has 0 aromatic heterocycles. The van der Waals surface area contributed by atoms with Crippen molar-refractivity contribution in [1.82, 2.24) is 4.90 Å². The number of halogens is 2. The average molecular weight is 508 g/mol. The van der Waals surface area contributed by atoms with Gasteiger partial charge < -0.3 is 14.7 Å². The van der Waals surface area contributed by atoms with Gasteiger partial charge in [-0.05, 0) is 72.0 Å². The van der Waals surface area contributed by atoms with E-state index < -0.39 is 23.5 Å². The summed E-state index contributed by atoms with van der Waals surface area (Å²) in [6.07, 6.45) is 0.476. The van der Waals surface area contributed by atoms with Crippen LogP contribution in [0.25, 0.3) is 5.76 Å². The maximum atomic E-state index is 13.7. The number of likely N-dealkylation sites (tertiary alicyclic amines) is 1. The van der Waals surface area contributed by atoms with Crippen molar-refractivity contribution in [3.05, 3.63) is 106 Å². The van der Waals surface area contributed by atoms with E-state index in [1.807, 2.05) is 26.0 Å². The first kappa shape index (κ1) is 25.5. The summed E-state index contributed by atoms with van der Waals surface area (Å²) in [5.74, 6) is -1.22. The Morgan fingerprint density at radius 3 is 2.25 bits per heavy atom. The summed E-state index contributed by atoms with van der Waals surface area (Å²) >= 11 is 5.97. The SMILES string of the molecule is CC(C)COc1ccc(/C(O)=C2/C(=O)C(=O)N(CCc3ccc(Cl)cc3)C2c2ccc(F)cc2)cc1. The van der Waals surface area contributed by atoms with Gasteiger partial charge in [-0.1, -0.05) is 49.7 Å². The van der Waals surface area contributed by atoms with Crippen LogP contribution in [0.3, 0.4) is 0 Å². The minimum absolute atomic E-state index is 0.0291. The van der Waals surface area contributed by atoms with E-state index in [0.717, 1.165) is 5.56 Å². The van der Waals surface area contributed by atoms with Crippen LogP contribution in [0.5, 0.6) is 5.75 Å². The third kappa shape index (κ3) is 5.60. The van der Waals surface area contributed by atoms with Gasteiger partial charge in [0.2, 0.25) is 0 Å². The van der Waals surface area contributed by atoms with Gasteiger partial charge in [-0.3, -0.25) is 9.59 Å². The summed E-state index contributed by atoms with van der Waals surface area (Å²) in [5.41, 5.74) is 1.83. The molecule has 3 aromatic carbocycles. The van der Waals surface area contributed by atoms with Crippen molar-refractivity contribution in [3.63, 3.8) is 0 Å². The number of rotatable bonds is 8. The normalized spacial score (nSPS) is 17.1. The van der Waals surface area contributed by atoms with Crippen molar-refractivity contribution in [2.45, 2.75) is 26.3 Å². The smallest absolute Gasteiger partial charge is 0.295 e. The van der Waals surface area contributed by atoms with Crippen LogP contribution in [0, 0.1) is 11.7 Å². The summed E-state index contributed by atoms with van der Waals surface area (Å²) in [7, 11) is 0. The zero-order valence-electron chi connectivity index (χ0n) is 20.1. The Labute approximate surface area is 214 Å². The van der Waals surface area contributed by atoms with Gasteiger partial charge in [0.25, 0.3) is 11.7 Å². The minimum Gasteiger partial charge on any atom is -0.507 e. The number of aliphatic hydroxyl groups excluding tert-OH is 1. The lowest BCUT2D eigenvalue weighted by molar-refractivity contribution is -0.139. The zero-order valence-corrected chi connectivity index (χ0v) is 20.8. The van der Waals surface area contributed by atoms with Gasteiger partial charge in [0.1, 0.15) is 17.3 Å². The summed E-state index contributed by atoms with van der Waals surface area (Å²) in [5, 5.41) is 11.8. The lowest BCUT2D eigenvalue weighted by Gasteiger charge is -2.25. The molecular weight excluding hydrogens is 481 g/mol. The molecule has 186 valence electrons. The Bertz CT molecular complexity index is 1270. The molecule has 36 heavy (non-hydrogen) atoms. The average Bonchev–Trinajstić information content (AvgIpc) is 3.12. The van der Waals surface area contributed by atoms with Crippen molar-refractivity contribution < 1.29 is 23.8 Å². The van der Waals surface area contributed by atoms with Gasteiger partial charge in [-0.2, -0.15) is 0 Å². The highest BCUT2D eigenvalue weighted by Gasteiger charge is 2.45. The number of nitrogens with zero attached hydrogens (tertiary/aromatic N) is 1. The van der Waals surface area contributed by atoms with Crippen molar-refractivity contribution in [2.24, 2.45) is 5.92 Å². The van der Waals surface area contributed by atoms with Gasteiger partial charge in [0.05, 0.1) is 18.2 Å². The van der Waals surface area contributed by atoms with Crippen LogP contribution in [-0.4, -0.2) is 34.8 Å². The van der Waals surface area contributed by atoms with E-state index in [-0.39, 0.29) is 17.9 Å². The number of carbonyl (C=O) groups excluding carboxylic acids is 2. The van der Waals surface area contributed by atoms with Crippen LogP contribution >= 0.6 is 11.6 Å². The van der Waals surface area contributed by atoms with E-state index >= 15 is 0 Å². The van der Waals surface area contributed by atoms with Gasteiger partial charge in [-0.15, -0.1) is 0 Å². The van der Waals surface area contributed by atoms with Crippen LogP contribution < -0.4 is 4.74 Å². The van der Waals surface area contributed by atoms with E-state index in [9.17, 15) is 19.1 Å². The lowest BCUT2D eigenvalue weighted by Crippen LogP contribution is -2.31. The number of hydrogen-bond acceptors (Lipinski definition) is 4. The lowest BCUT2D eigenvalue weighted by atomic mass is 9.95. The zero-order chi connectivity index (χ0) is 25.8. The summed E-state index contributed by atoms with van der Waals surface area (Å²) in [4.78, 5) is 27.7. The Morgan fingerprint density at radius 1 is 1.00 bits per heavy atom. The van der Waals surface area contributed by atoms with Crippen molar-refractivity contribution in [2.75, 3.05) is 13.2 Å². The molecule has 1 fully saturated rings. The molecule has 4 rings (SSSR count). The molecule has 1 unspecified atom stereocenters. The number of benzene rings is 3. The molecule has 1 N–H and O–H groups in total. The number of Topliss-reactive ketones (excluding diaryl/α,β-unsaturated/α-hetero) is 1. The molecule has 0 radical (unpaired) electrons. The van der Waals surface area contributed by atoms with Crippen molar-refractivity contribution in [1.29, 1.82) is 0 Å². The van der Waals surface area contributed by atoms with E-state index in [2.05, 4.69) is 0 Å². The summed E-state index contributed by atoms with van der Waals surface area (Å²) in [6, 6.07) is 18.7. The van der Waals surface area contributed by atoms with Crippen LogP contribution in [0.1, 0.15) is 36.6 Å². The van der Waals surface area contributed by atoms with E-state index in [1.165, 1.54) is 29.2 Å². The highest BCUT2D eigenvalue weighted by atomic mass is 35.5. The fourth-order valence-electron chi connectivity index (χ4n) is 4.13. The molecule has 1 heterocycles. The fourth-order valence-corrected chi connectivity index (χ4v) is 4.26. The quantitative estimate of drug-likeness (QED) is 0.225. The van der Waals surface area contributed by atoms with Gasteiger partial charge in [0.15, 0.2) is 0 Å². The first-order chi connectivity index (χ1) is 17.2. The second kappa shape index (κ2) is 11.0. The fraction of sp³-hybridized carbons (Fsp3) is 0.241. The van der Waals surface area contributed by atoms with E-state index in [1.54, 1.807) is 36.4 Å². The molecule has 1 saturated heterocycles. The summed E-state index contributed by atoms with van der Waals surface area (Å²) in [6.45, 7) is 4.87. The standard InChI is InChI=1S/C29H27ClFNO4/c1-18(2)17-36-24-13-7-21(8-14-24)27(33)25-26(20-5-11-23(31)12-6-20)32(29(35)28(25)34)16-15-19-3-9-22(30)10-4-19/h3-14,18,26,33H,15-17H2,1-2H3/b27-25-. The molecule has 3 aromatic rings. The van der Waals surface area contributed by atoms with Gasteiger partial charge in [-0.25, -0.2) is 4.39 Å². The molecule has 1 aliphatic heterocycles. The Kier molecular flexibility index (Phi) is 7.75.